The predicted octanol–water partition coefficient (Wildman–Crippen LogP) is 2.34. The second-order valence-corrected chi connectivity index (χ2v) is 2.33. The van der Waals surface area contributed by atoms with E-state index in [1.165, 1.54) is 0 Å². The van der Waals surface area contributed by atoms with Crippen molar-refractivity contribution in [1.29, 1.82) is 0 Å². The van der Waals surface area contributed by atoms with Crippen LogP contribution in [0.3, 0.4) is 0 Å². The highest BCUT2D eigenvalue weighted by molar-refractivity contribution is 4.47. The molecular weight excluding hydrogens is 119 g/mol. The van der Waals surface area contributed by atoms with E-state index < -0.39 is 6.17 Å². The minimum Gasteiger partial charge on any atom is -0.248 e. The monoisotopic (exact) mass is 133 g/mol. The normalized spacial score (nSPS) is 13.7. The summed E-state index contributed by atoms with van der Waals surface area (Å²) in [5, 5.41) is 9.88. The van der Waals surface area contributed by atoms with E-state index in [0.717, 1.165) is 12.8 Å². The number of unbranched alkanes of at least 4 members (excludes halogenated alkanes) is 2. The van der Waals surface area contributed by atoms with Crippen LogP contribution in [-0.4, -0.2) is 12.8 Å². The molecule has 0 aromatic heterocycles. The van der Waals surface area contributed by atoms with Gasteiger partial charge in [-0.25, -0.2) is 9.50 Å². The third kappa shape index (κ3) is 7.89. The summed E-state index contributed by atoms with van der Waals surface area (Å²) in [5.41, 5.74) is 0. The van der Waals surface area contributed by atoms with Gasteiger partial charge in [0.1, 0.15) is 0 Å². The topological polar surface area (TPSA) is 19.9 Å². The highest BCUT2D eigenvalue weighted by Crippen LogP contribution is 2.04. The van der Waals surface area contributed by atoms with Crippen LogP contribution >= 0.6 is 0 Å². The molecule has 0 bridgehead atoms. The van der Waals surface area contributed by atoms with E-state index in [-0.39, 0.29) is 6.61 Å². The molecule has 1 atom stereocenters. The van der Waals surface area contributed by atoms with Crippen molar-refractivity contribution >= 4 is 0 Å². The molecule has 9 heavy (non-hydrogen) atoms. The Morgan fingerprint density at radius 3 is 2.44 bits per heavy atom. The van der Waals surface area contributed by atoms with Gasteiger partial charge in [-0.1, -0.05) is 12.8 Å². The van der Waals surface area contributed by atoms with Crippen molar-refractivity contribution in [3.05, 3.63) is 0 Å². The first-order valence-electron chi connectivity index (χ1n) is 3.49. The fraction of sp³-hybridized carbons (Fsp3) is 1.00. The minimum absolute atomic E-state index is 0.0132. The number of hydrogen-bond donors (Lipinski definition) is 0. The number of halogens is 1. The summed E-state index contributed by atoms with van der Waals surface area (Å²) in [5.74, 6) is 0. The van der Waals surface area contributed by atoms with Gasteiger partial charge >= 0.3 is 0 Å². The molecule has 2 heteroatoms. The van der Waals surface area contributed by atoms with Crippen molar-refractivity contribution in [1.82, 2.24) is 0 Å². The van der Waals surface area contributed by atoms with Crippen LogP contribution in [0.15, 0.2) is 0 Å². The van der Waals surface area contributed by atoms with Gasteiger partial charge in [-0.15, -0.1) is 0 Å². The standard InChI is InChI=1S/C7H14FO/c1-7(8)5-3-2-4-6-9/h7H,2-6H2,1H3. The average molecular weight is 133 g/mol. The van der Waals surface area contributed by atoms with Crippen LogP contribution in [0.4, 0.5) is 4.39 Å². The molecule has 0 aliphatic heterocycles. The summed E-state index contributed by atoms with van der Waals surface area (Å²) in [4.78, 5) is 0. The van der Waals surface area contributed by atoms with Crippen LogP contribution in [0.25, 0.3) is 0 Å². The molecule has 0 rings (SSSR count). The number of hydrogen-bond acceptors (Lipinski definition) is 0. The minimum atomic E-state index is -0.698. The first kappa shape index (κ1) is 8.89. The Labute approximate surface area is 55.9 Å². The molecule has 0 aromatic rings. The molecule has 1 nitrogen and oxygen atoms in total. The quantitative estimate of drug-likeness (QED) is 0.513. The lowest BCUT2D eigenvalue weighted by Crippen LogP contribution is -1.91. The molecule has 0 fully saturated rings. The molecule has 0 saturated heterocycles. The molecule has 55 valence electrons. The zero-order chi connectivity index (χ0) is 7.11. The van der Waals surface area contributed by atoms with Gasteiger partial charge < -0.3 is 0 Å². The summed E-state index contributed by atoms with van der Waals surface area (Å²) >= 11 is 0. The van der Waals surface area contributed by atoms with E-state index in [2.05, 4.69) is 0 Å². The Morgan fingerprint density at radius 2 is 2.00 bits per heavy atom. The van der Waals surface area contributed by atoms with E-state index in [0.29, 0.717) is 12.8 Å². The number of alkyl halides is 1. The van der Waals surface area contributed by atoms with Gasteiger partial charge in [0.05, 0.1) is 12.8 Å². The predicted molar refractivity (Wildman–Crippen MR) is 34.6 cm³/mol. The van der Waals surface area contributed by atoms with Crippen LogP contribution in [0.2, 0.25) is 0 Å². The van der Waals surface area contributed by atoms with E-state index in [9.17, 15) is 9.50 Å². The highest BCUT2D eigenvalue weighted by Gasteiger charge is 1.95. The third-order valence-electron chi connectivity index (χ3n) is 1.25. The molecule has 0 heterocycles. The van der Waals surface area contributed by atoms with Gasteiger partial charge in [0.2, 0.25) is 0 Å². The van der Waals surface area contributed by atoms with Crippen LogP contribution in [-0.2, 0) is 5.11 Å². The maximum Gasteiger partial charge on any atom is 0.0973 e. The maximum absolute atomic E-state index is 12.1. The van der Waals surface area contributed by atoms with Gasteiger partial charge in [-0.3, -0.25) is 0 Å². The van der Waals surface area contributed by atoms with Crippen LogP contribution < -0.4 is 0 Å². The zero-order valence-electron chi connectivity index (χ0n) is 5.90. The van der Waals surface area contributed by atoms with Crippen molar-refractivity contribution in [3.8, 4) is 0 Å². The molecular formula is C7H14FO. The SMILES string of the molecule is CC(F)CCCCC[O]. The summed E-state index contributed by atoms with van der Waals surface area (Å²) in [6.45, 7) is 1.54. The largest absolute Gasteiger partial charge is 0.248 e. The van der Waals surface area contributed by atoms with Crippen molar-refractivity contribution in [2.24, 2.45) is 0 Å². The Bertz CT molecular complexity index is 54.9. The number of rotatable bonds is 5. The van der Waals surface area contributed by atoms with Gasteiger partial charge in [0, 0.05) is 0 Å². The summed E-state index contributed by atoms with van der Waals surface area (Å²) < 4.78 is 12.1. The second kappa shape index (κ2) is 6.02. The van der Waals surface area contributed by atoms with Crippen molar-refractivity contribution in [3.63, 3.8) is 0 Å². The highest BCUT2D eigenvalue weighted by atomic mass is 19.1. The lowest BCUT2D eigenvalue weighted by molar-refractivity contribution is 0.184. The Morgan fingerprint density at radius 1 is 1.33 bits per heavy atom. The van der Waals surface area contributed by atoms with Crippen LogP contribution in [0.5, 0.6) is 0 Å². The molecule has 0 N–H and O–H groups in total. The van der Waals surface area contributed by atoms with E-state index in [1.807, 2.05) is 0 Å². The lowest BCUT2D eigenvalue weighted by Gasteiger charge is -1.98. The Kier molecular flexibility index (Phi) is 5.94. The van der Waals surface area contributed by atoms with Crippen LogP contribution in [0, 0.1) is 0 Å². The van der Waals surface area contributed by atoms with E-state index in [1.54, 1.807) is 6.92 Å². The summed E-state index contributed by atoms with van der Waals surface area (Å²) in [6, 6.07) is 0. The lowest BCUT2D eigenvalue weighted by atomic mass is 10.1. The first-order valence-corrected chi connectivity index (χ1v) is 3.49. The molecule has 1 radical (unpaired) electrons. The van der Waals surface area contributed by atoms with Crippen LogP contribution in [0.1, 0.15) is 32.6 Å². The Balaban J connectivity index is 2.75. The Hall–Kier alpha value is -0.110. The summed E-state index contributed by atoms with van der Waals surface area (Å²) in [7, 11) is 0. The molecule has 0 aromatic carbocycles. The molecule has 0 saturated carbocycles. The van der Waals surface area contributed by atoms with Crippen molar-refractivity contribution in [2.45, 2.75) is 38.8 Å². The van der Waals surface area contributed by atoms with Gasteiger partial charge in [-0.2, -0.15) is 0 Å². The van der Waals surface area contributed by atoms with E-state index in [4.69, 9.17) is 0 Å². The zero-order valence-corrected chi connectivity index (χ0v) is 5.90. The average Bonchev–Trinajstić information content (AvgIpc) is 1.80. The fourth-order valence-corrected chi connectivity index (χ4v) is 0.704. The molecule has 0 amide bonds. The van der Waals surface area contributed by atoms with Crippen molar-refractivity contribution in [2.75, 3.05) is 6.61 Å². The molecule has 0 aliphatic rings. The van der Waals surface area contributed by atoms with E-state index >= 15 is 0 Å². The summed E-state index contributed by atoms with van der Waals surface area (Å²) in [6.07, 6.45) is 2.36. The smallest absolute Gasteiger partial charge is 0.0973 e. The van der Waals surface area contributed by atoms with Gasteiger partial charge in [0.25, 0.3) is 0 Å². The fourth-order valence-electron chi connectivity index (χ4n) is 0.704. The van der Waals surface area contributed by atoms with Crippen molar-refractivity contribution < 1.29 is 9.50 Å². The second-order valence-electron chi connectivity index (χ2n) is 2.33. The molecule has 0 aliphatic carbocycles. The van der Waals surface area contributed by atoms with Gasteiger partial charge in [-0.05, 0) is 19.8 Å². The maximum atomic E-state index is 12.1. The first-order chi connectivity index (χ1) is 4.27. The van der Waals surface area contributed by atoms with Gasteiger partial charge in [0.15, 0.2) is 0 Å². The molecule has 1 unspecified atom stereocenters. The third-order valence-corrected chi connectivity index (χ3v) is 1.25. The molecule has 0 spiro atoms.